The zero-order valence-corrected chi connectivity index (χ0v) is 84.8. The molecule has 0 aliphatic carbocycles. The second kappa shape index (κ2) is 42.3. The maximum atomic E-state index is 2.39. The van der Waals surface area contributed by atoms with Crippen LogP contribution >= 0.6 is 68.0 Å². The normalized spacial score (nSPS) is 11.0. The number of nitrogens with zero attached hydrogens (tertiary/aromatic N) is 3. The van der Waals surface area contributed by atoms with Crippen LogP contribution in [0.25, 0.3) is 154 Å². The number of thiophene rings is 6. The van der Waals surface area contributed by atoms with Gasteiger partial charge in [-0.25, -0.2) is 0 Å². The van der Waals surface area contributed by atoms with Crippen LogP contribution in [-0.2, 0) is 0 Å². The number of rotatable bonds is 24. The molecule has 0 aliphatic heterocycles. The molecule has 12 heteroatoms. The average Bonchev–Trinajstić information content (AvgIpc) is 1.83. The Hall–Kier alpha value is -14.1. The molecule has 0 radical (unpaired) electrons. The van der Waals surface area contributed by atoms with Crippen molar-refractivity contribution in [3.8, 4) is 154 Å². The predicted molar refractivity (Wildman–Crippen MR) is 603 cm³/mol. The SMILES string of the molecule is c1ccc(-c2ccc(-c3ccc(N(c4ccc(-c5ccc(-c6ccccc6)[se]5)cc4)c4ccc(-c5ccc(-c6ccccc6)[se]5)cc4)cc3)[se]2)cc1.c1ccc(-c2ccc(-c3ccc(N(c4ccc(-c5ccc(-c6ccccc6)s5)cc4)c4ccc(-c5ccc(-c6ccccc6)s5)cc4)cc3)s2)cc1.c1csc(-c2ccc(N(c3ccc(-c4cccs4)cc3)c3ccc(-c4cccs4)cc3)cc2)c1. The molecule has 0 saturated heterocycles. The summed E-state index contributed by atoms with van der Waals surface area (Å²) in [4.78, 5) is 18.6. The van der Waals surface area contributed by atoms with Crippen LogP contribution in [-0.4, -0.2) is 43.5 Å². The first-order valence-electron chi connectivity index (χ1n) is 45.7. The van der Waals surface area contributed by atoms with Crippen molar-refractivity contribution in [1.29, 1.82) is 0 Å². The molecule has 0 amide bonds. The van der Waals surface area contributed by atoms with Crippen LogP contribution in [0.15, 0.2) is 526 Å². The van der Waals surface area contributed by atoms with Crippen LogP contribution < -0.4 is 14.7 Å². The summed E-state index contributed by atoms with van der Waals surface area (Å²) in [6.45, 7) is 0. The van der Waals surface area contributed by atoms with Crippen molar-refractivity contribution >= 4 is 163 Å². The summed E-state index contributed by atoms with van der Waals surface area (Å²) in [6.07, 6.45) is 0. The van der Waals surface area contributed by atoms with Crippen LogP contribution in [0.4, 0.5) is 51.2 Å². The van der Waals surface area contributed by atoms with Crippen LogP contribution in [0.5, 0.6) is 0 Å². The molecule has 9 aromatic heterocycles. The minimum atomic E-state index is 0.283. The monoisotopic (exact) mass is 2070 g/mol. The zero-order valence-electron chi connectivity index (χ0n) is 74.7. The molecule has 0 aliphatic rings. The summed E-state index contributed by atoms with van der Waals surface area (Å²) >= 11 is 11.7. The molecule has 0 unspecified atom stereocenters. The Kier molecular flexibility index (Phi) is 27.3. The van der Waals surface area contributed by atoms with Gasteiger partial charge in [-0.05, 0) is 194 Å². The van der Waals surface area contributed by atoms with Gasteiger partial charge >= 0.3 is 326 Å². The minimum Gasteiger partial charge on any atom is -0.311 e. The van der Waals surface area contributed by atoms with Gasteiger partial charge in [0.1, 0.15) is 0 Å². The molecule has 24 aromatic rings. The molecule has 0 saturated carbocycles. The van der Waals surface area contributed by atoms with Gasteiger partial charge in [0, 0.05) is 78.0 Å². The van der Waals surface area contributed by atoms with E-state index in [0.29, 0.717) is 0 Å². The van der Waals surface area contributed by atoms with E-state index in [9.17, 15) is 0 Å². The van der Waals surface area contributed by atoms with Gasteiger partial charge in [-0.2, -0.15) is 0 Å². The first-order chi connectivity index (χ1) is 68.3. The van der Waals surface area contributed by atoms with Crippen molar-refractivity contribution in [2.75, 3.05) is 14.7 Å². The van der Waals surface area contributed by atoms with E-state index in [2.05, 4.69) is 540 Å². The number of benzene rings is 15. The Morgan fingerprint density at radius 2 is 0.261 bits per heavy atom. The molecule has 24 rings (SSSR count). The van der Waals surface area contributed by atoms with E-state index >= 15 is 0 Å². The van der Waals surface area contributed by atoms with Gasteiger partial charge in [0.15, 0.2) is 0 Å². The second-order valence-corrected chi connectivity index (χ2v) is 46.0. The topological polar surface area (TPSA) is 9.72 Å². The van der Waals surface area contributed by atoms with Crippen LogP contribution in [0, 0.1) is 0 Å². The number of hydrogen-bond donors (Lipinski definition) is 0. The van der Waals surface area contributed by atoms with Crippen LogP contribution in [0.1, 0.15) is 0 Å². The smallest absolute Gasteiger partial charge is 0.0462 e. The average molecular weight is 2070 g/mol. The Balaban J connectivity index is 0.000000122. The van der Waals surface area contributed by atoms with Gasteiger partial charge in [-0.3, -0.25) is 0 Å². The van der Waals surface area contributed by atoms with E-state index in [1.165, 1.54) is 154 Å². The molecular formula is C126H87N3S6Se3. The van der Waals surface area contributed by atoms with E-state index in [0.717, 1.165) is 51.2 Å². The van der Waals surface area contributed by atoms with Crippen molar-refractivity contribution in [1.82, 2.24) is 0 Å². The summed E-state index contributed by atoms with van der Waals surface area (Å²) in [5.41, 5.74) is 29.3. The summed E-state index contributed by atoms with van der Waals surface area (Å²) in [6, 6.07) is 185. The zero-order chi connectivity index (χ0) is 92.1. The predicted octanol–water partition coefficient (Wildman–Crippen LogP) is 38.0. The van der Waals surface area contributed by atoms with Crippen molar-refractivity contribution in [3.63, 3.8) is 0 Å². The maximum absolute atomic E-state index is 2.39. The van der Waals surface area contributed by atoms with Crippen molar-refractivity contribution in [2.45, 2.75) is 0 Å². The third-order valence-electron chi connectivity index (χ3n) is 24.2. The van der Waals surface area contributed by atoms with E-state index in [-0.39, 0.29) is 43.5 Å². The van der Waals surface area contributed by atoms with Gasteiger partial charge in [-0.15, -0.1) is 68.0 Å². The Labute approximate surface area is 848 Å². The van der Waals surface area contributed by atoms with Gasteiger partial charge in [0.05, 0.1) is 0 Å². The van der Waals surface area contributed by atoms with Gasteiger partial charge in [0.25, 0.3) is 0 Å². The van der Waals surface area contributed by atoms with Crippen LogP contribution in [0.3, 0.4) is 0 Å². The van der Waals surface area contributed by atoms with E-state index in [4.69, 9.17) is 0 Å². The van der Waals surface area contributed by atoms with Crippen molar-refractivity contribution in [3.05, 3.63) is 526 Å². The first-order valence-corrected chi connectivity index (χ1v) is 55.9. The maximum Gasteiger partial charge on any atom is 0.0462 e. The number of anilines is 9. The molecule has 3 nitrogen and oxygen atoms in total. The molecule has 0 N–H and O–H groups in total. The van der Waals surface area contributed by atoms with Gasteiger partial charge in [0.2, 0.25) is 0 Å². The minimum absolute atomic E-state index is 0.283. The Morgan fingerprint density at radius 1 is 0.116 bits per heavy atom. The summed E-state index contributed by atoms with van der Waals surface area (Å²) in [7, 11) is 0. The third kappa shape index (κ3) is 20.5. The van der Waals surface area contributed by atoms with E-state index < -0.39 is 0 Å². The fourth-order valence-electron chi connectivity index (χ4n) is 17.1. The molecule has 15 aromatic carbocycles. The molecule has 0 spiro atoms. The summed E-state index contributed by atoms with van der Waals surface area (Å²) in [5.74, 6) is 0. The first kappa shape index (κ1) is 89.1. The fourth-order valence-corrected chi connectivity index (χ4v) is 28.8. The molecule has 0 fully saturated rings. The molecule has 0 bridgehead atoms. The Morgan fingerprint density at radius 3 is 0.428 bits per heavy atom. The van der Waals surface area contributed by atoms with Crippen LogP contribution in [0.2, 0.25) is 0 Å². The fraction of sp³-hybridized carbons (Fsp3) is 0. The largest absolute Gasteiger partial charge is 0.311 e. The Bertz CT molecular complexity index is 6880. The molecule has 9 heterocycles. The molecule has 138 heavy (non-hydrogen) atoms. The summed E-state index contributed by atoms with van der Waals surface area (Å²) in [5, 5.41) is 6.37. The molecular weight excluding hydrogens is 1980 g/mol. The van der Waals surface area contributed by atoms with E-state index in [1.54, 1.807) is 34.0 Å². The quantitative estimate of drug-likeness (QED) is 0.0558. The van der Waals surface area contributed by atoms with Crippen molar-refractivity contribution < 1.29 is 0 Å². The van der Waals surface area contributed by atoms with E-state index in [1.807, 2.05) is 34.0 Å². The second-order valence-electron chi connectivity index (χ2n) is 33.0. The standard InChI is InChI=1S/C48H33NS3.C48H33NSe3.C30H21NS3/c2*1-4-10-34(11-5-1)43-28-31-46(50-43)37-16-22-40(23-17-37)49(41-24-18-38(19-25-41)47-32-29-44(51-47)35-12-6-2-7-13-35)42-26-20-39(21-27-42)48-33-30-45(52-48)36-14-8-3-9-15-36;1-4-28(32-19-1)22-7-13-25(14-8-22)31(26-15-9-23(10-16-26)29-5-2-20-33-29)27-17-11-24(12-18-27)30-6-3-21-34-30/h2*1-33H;1-21H. The third-order valence-corrected chi connectivity index (χ3v) is 38.0. The van der Waals surface area contributed by atoms with Crippen molar-refractivity contribution in [2.24, 2.45) is 0 Å². The van der Waals surface area contributed by atoms with Gasteiger partial charge in [-0.1, -0.05) is 182 Å². The number of hydrogen-bond acceptors (Lipinski definition) is 9. The van der Waals surface area contributed by atoms with Gasteiger partial charge < -0.3 is 9.80 Å². The molecule has 0 atom stereocenters. The molecule has 660 valence electrons. The summed E-state index contributed by atoms with van der Waals surface area (Å²) < 4.78 is 8.56.